The van der Waals surface area contributed by atoms with Crippen LogP contribution in [0.2, 0.25) is 10.0 Å². The standard InChI is InChI=1S/C18H18Cl2N2O3S/c1-9(2)18(4,8-21)22-16(23)10(3)25-17(24)15-14(20)12-6-5-11(19)7-13(12)26-15/h5-7,9-10H,1-4H3,(H,22,23)/t10-,18-/m0/s1. The maximum absolute atomic E-state index is 12.4. The van der Waals surface area contributed by atoms with Crippen LogP contribution in [0, 0.1) is 17.2 Å². The van der Waals surface area contributed by atoms with Crippen LogP contribution >= 0.6 is 34.5 Å². The van der Waals surface area contributed by atoms with E-state index in [1.165, 1.54) is 6.92 Å². The quantitative estimate of drug-likeness (QED) is 0.714. The molecule has 26 heavy (non-hydrogen) atoms. The molecule has 0 aliphatic heterocycles. The van der Waals surface area contributed by atoms with E-state index >= 15 is 0 Å². The molecular formula is C18H18Cl2N2O3S. The van der Waals surface area contributed by atoms with Crippen molar-refractivity contribution in [3.8, 4) is 6.07 Å². The van der Waals surface area contributed by atoms with Crippen LogP contribution in [0.25, 0.3) is 10.1 Å². The summed E-state index contributed by atoms with van der Waals surface area (Å²) in [5.74, 6) is -1.35. The van der Waals surface area contributed by atoms with Crippen LogP contribution < -0.4 is 5.32 Å². The van der Waals surface area contributed by atoms with Crippen molar-refractivity contribution in [3.05, 3.63) is 33.1 Å². The van der Waals surface area contributed by atoms with E-state index in [0.29, 0.717) is 10.4 Å². The minimum atomic E-state index is -1.07. The molecule has 2 rings (SSSR count). The zero-order valence-corrected chi connectivity index (χ0v) is 17.1. The van der Waals surface area contributed by atoms with Crippen LogP contribution in [0.15, 0.2) is 18.2 Å². The molecule has 1 N–H and O–H groups in total. The zero-order chi connectivity index (χ0) is 19.6. The van der Waals surface area contributed by atoms with Gasteiger partial charge < -0.3 is 10.1 Å². The number of esters is 1. The number of rotatable bonds is 5. The highest BCUT2D eigenvalue weighted by atomic mass is 35.5. The van der Waals surface area contributed by atoms with Crippen molar-refractivity contribution in [2.24, 2.45) is 5.92 Å². The number of thiophene rings is 1. The Morgan fingerprint density at radius 2 is 1.96 bits per heavy atom. The van der Waals surface area contributed by atoms with Crippen molar-refractivity contribution in [1.29, 1.82) is 5.26 Å². The number of nitrogens with one attached hydrogen (secondary N) is 1. The summed E-state index contributed by atoms with van der Waals surface area (Å²) in [5, 5.41) is 13.4. The van der Waals surface area contributed by atoms with Gasteiger partial charge in [0.25, 0.3) is 5.91 Å². The lowest BCUT2D eigenvalue weighted by molar-refractivity contribution is -0.130. The van der Waals surface area contributed by atoms with Gasteiger partial charge in [-0.05, 0) is 31.9 Å². The van der Waals surface area contributed by atoms with E-state index in [1.807, 2.05) is 13.8 Å². The fraction of sp³-hybridized carbons (Fsp3) is 0.389. The number of ether oxygens (including phenoxy) is 1. The molecule has 0 spiro atoms. The number of halogens is 2. The first-order valence-corrected chi connectivity index (χ1v) is 9.48. The predicted octanol–water partition coefficient (Wildman–Crippen LogP) is 4.81. The van der Waals surface area contributed by atoms with E-state index in [1.54, 1.807) is 25.1 Å². The van der Waals surface area contributed by atoms with Gasteiger partial charge in [-0.3, -0.25) is 4.79 Å². The van der Waals surface area contributed by atoms with Gasteiger partial charge >= 0.3 is 5.97 Å². The molecule has 0 bridgehead atoms. The largest absolute Gasteiger partial charge is 0.448 e. The number of nitriles is 1. The Morgan fingerprint density at radius 3 is 2.54 bits per heavy atom. The lowest BCUT2D eigenvalue weighted by atomic mass is 9.90. The van der Waals surface area contributed by atoms with Gasteiger partial charge in [0.05, 0.1) is 11.1 Å². The third-order valence-corrected chi connectivity index (χ3v) is 6.07. The Balaban J connectivity index is 2.16. The fourth-order valence-corrected chi connectivity index (χ4v) is 3.76. The molecule has 0 unspecified atom stereocenters. The van der Waals surface area contributed by atoms with Gasteiger partial charge in [-0.1, -0.05) is 43.1 Å². The van der Waals surface area contributed by atoms with Gasteiger partial charge in [0.1, 0.15) is 10.4 Å². The normalized spacial score (nSPS) is 14.5. The number of hydrogen-bond donors (Lipinski definition) is 1. The highest BCUT2D eigenvalue weighted by Crippen LogP contribution is 2.37. The SMILES string of the molecule is CC(C)[C@](C)(C#N)NC(=O)[C@H](C)OC(=O)c1sc2cc(Cl)ccc2c1Cl. The third kappa shape index (κ3) is 4.12. The Morgan fingerprint density at radius 1 is 1.31 bits per heavy atom. The smallest absolute Gasteiger partial charge is 0.350 e. The van der Waals surface area contributed by atoms with E-state index in [2.05, 4.69) is 11.4 Å². The van der Waals surface area contributed by atoms with Crippen LogP contribution in [0.5, 0.6) is 0 Å². The first-order valence-electron chi connectivity index (χ1n) is 7.91. The summed E-state index contributed by atoms with van der Waals surface area (Å²) in [6.07, 6.45) is -1.07. The van der Waals surface area contributed by atoms with E-state index in [-0.39, 0.29) is 15.8 Å². The monoisotopic (exact) mass is 412 g/mol. The van der Waals surface area contributed by atoms with Gasteiger partial charge in [-0.2, -0.15) is 5.26 Å². The topological polar surface area (TPSA) is 79.2 Å². The summed E-state index contributed by atoms with van der Waals surface area (Å²) in [4.78, 5) is 24.9. The number of nitrogens with zero attached hydrogens (tertiary/aromatic N) is 1. The highest BCUT2D eigenvalue weighted by molar-refractivity contribution is 7.21. The summed E-state index contributed by atoms with van der Waals surface area (Å²) < 4.78 is 5.99. The van der Waals surface area contributed by atoms with Crippen LogP contribution in [-0.2, 0) is 9.53 Å². The molecule has 0 aliphatic carbocycles. The number of carbonyl (C=O) groups is 2. The van der Waals surface area contributed by atoms with E-state index in [4.69, 9.17) is 27.9 Å². The molecular weight excluding hydrogens is 395 g/mol. The second-order valence-corrected chi connectivity index (χ2v) is 8.26. The van der Waals surface area contributed by atoms with Crippen molar-refractivity contribution in [2.75, 3.05) is 0 Å². The predicted molar refractivity (Wildman–Crippen MR) is 104 cm³/mol. The van der Waals surface area contributed by atoms with Gasteiger partial charge in [-0.15, -0.1) is 11.3 Å². The lowest BCUT2D eigenvalue weighted by Crippen LogP contribution is -2.52. The van der Waals surface area contributed by atoms with Gasteiger partial charge in [0, 0.05) is 15.1 Å². The van der Waals surface area contributed by atoms with Crippen molar-refractivity contribution < 1.29 is 14.3 Å². The average Bonchev–Trinajstić information content (AvgIpc) is 2.90. The Kier molecular flexibility index (Phi) is 6.17. The van der Waals surface area contributed by atoms with Gasteiger partial charge in [0.15, 0.2) is 6.10 Å². The van der Waals surface area contributed by atoms with Crippen LogP contribution in [0.1, 0.15) is 37.4 Å². The van der Waals surface area contributed by atoms with Crippen molar-refractivity contribution >= 4 is 56.5 Å². The number of fused-ring (bicyclic) bond motifs is 1. The van der Waals surface area contributed by atoms with E-state index in [9.17, 15) is 14.9 Å². The summed E-state index contributed by atoms with van der Waals surface area (Å²) in [7, 11) is 0. The van der Waals surface area contributed by atoms with Gasteiger partial charge in [0.2, 0.25) is 0 Å². The molecule has 8 heteroatoms. The van der Waals surface area contributed by atoms with E-state index < -0.39 is 23.5 Å². The molecule has 0 fully saturated rings. The van der Waals surface area contributed by atoms with E-state index in [0.717, 1.165) is 16.0 Å². The first kappa shape index (κ1) is 20.5. The van der Waals surface area contributed by atoms with Crippen LogP contribution in [0.4, 0.5) is 0 Å². The summed E-state index contributed by atoms with van der Waals surface area (Å²) in [6.45, 7) is 6.71. The maximum Gasteiger partial charge on any atom is 0.350 e. The third-order valence-electron chi connectivity index (χ3n) is 4.20. The first-order chi connectivity index (χ1) is 12.1. The van der Waals surface area contributed by atoms with Crippen LogP contribution in [0.3, 0.4) is 0 Å². The average molecular weight is 413 g/mol. The van der Waals surface area contributed by atoms with Gasteiger partial charge in [-0.25, -0.2) is 4.79 Å². The van der Waals surface area contributed by atoms with Crippen molar-refractivity contribution in [3.63, 3.8) is 0 Å². The molecule has 2 aromatic rings. The summed E-state index contributed by atoms with van der Waals surface area (Å²) in [5.41, 5.74) is -1.05. The molecule has 1 amide bonds. The fourth-order valence-electron chi connectivity index (χ4n) is 2.10. The second-order valence-electron chi connectivity index (χ2n) is 6.39. The minimum Gasteiger partial charge on any atom is -0.448 e. The molecule has 2 atom stereocenters. The number of carbonyl (C=O) groups excluding carboxylic acids is 2. The maximum atomic E-state index is 12.4. The molecule has 138 valence electrons. The molecule has 0 radical (unpaired) electrons. The molecule has 1 aromatic heterocycles. The molecule has 5 nitrogen and oxygen atoms in total. The lowest BCUT2D eigenvalue weighted by Gasteiger charge is -2.28. The highest BCUT2D eigenvalue weighted by Gasteiger charge is 2.33. The molecule has 0 saturated carbocycles. The Labute approximate surface area is 165 Å². The Hall–Kier alpha value is -1.81. The van der Waals surface area contributed by atoms with Crippen molar-refractivity contribution in [2.45, 2.75) is 39.3 Å². The summed E-state index contributed by atoms with van der Waals surface area (Å²) in [6, 6.07) is 7.20. The number of hydrogen-bond acceptors (Lipinski definition) is 5. The molecule has 0 aliphatic rings. The second kappa shape index (κ2) is 7.83. The number of amides is 1. The number of benzene rings is 1. The molecule has 0 saturated heterocycles. The minimum absolute atomic E-state index is 0.110. The molecule has 1 aromatic carbocycles. The molecule has 1 heterocycles. The Bertz CT molecular complexity index is 904. The summed E-state index contributed by atoms with van der Waals surface area (Å²) >= 11 is 13.4. The van der Waals surface area contributed by atoms with Crippen molar-refractivity contribution in [1.82, 2.24) is 5.32 Å². The zero-order valence-electron chi connectivity index (χ0n) is 14.7. The van der Waals surface area contributed by atoms with Crippen LogP contribution in [-0.4, -0.2) is 23.5 Å².